The smallest absolute Gasteiger partial charge is 0.124 e. The zero-order chi connectivity index (χ0) is 18.9. The fourth-order valence-corrected chi connectivity index (χ4v) is 3.81. The summed E-state index contributed by atoms with van der Waals surface area (Å²) < 4.78 is 8.21. The van der Waals surface area contributed by atoms with Gasteiger partial charge in [0.15, 0.2) is 0 Å². The highest BCUT2D eigenvalue weighted by molar-refractivity contribution is 5.81. The Kier molecular flexibility index (Phi) is 3.99. The molecule has 0 N–H and O–H groups in total. The van der Waals surface area contributed by atoms with Crippen molar-refractivity contribution in [1.29, 1.82) is 5.26 Å². The summed E-state index contributed by atoms with van der Waals surface area (Å²) in [7, 11) is 0. The topological polar surface area (TPSA) is 76.6 Å². The summed E-state index contributed by atoms with van der Waals surface area (Å²) in [6, 6.07) is 16.0. The largest absolute Gasteiger partial charge is 0.486 e. The Bertz CT molecular complexity index is 1190. The first kappa shape index (κ1) is 16.5. The number of benzene rings is 2. The standard InChI is InChI=1S/C22H17N5O/c23-12-15-4-7-20-16(10-15)2-1-3-22(20)28-19-6-5-17-13-26-27(21(17)11-19)18-8-9-24-25-14-18/h4-11,13-14,22H,1-3H2. The van der Waals surface area contributed by atoms with Crippen LogP contribution in [0.15, 0.2) is 61.1 Å². The molecule has 2 aromatic carbocycles. The lowest BCUT2D eigenvalue weighted by Crippen LogP contribution is -2.15. The zero-order valence-corrected chi connectivity index (χ0v) is 15.1. The van der Waals surface area contributed by atoms with E-state index in [1.54, 1.807) is 12.4 Å². The first-order valence-corrected chi connectivity index (χ1v) is 9.26. The molecule has 0 spiro atoms. The molecule has 0 saturated carbocycles. The van der Waals surface area contributed by atoms with E-state index in [0.29, 0.717) is 5.56 Å². The molecule has 6 nitrogen and oxygen atoms in total. The van der Waals surface area contributed by atoms with E-state index in [1.165, 1.54) is 11.1 Å². The number of rotatable bonds is 3. The first-order chi connectivity index (χ1) is 13.8. The van der Waals surface area contributed by atoms with E-state index < -0.39 is 0 Å². The molecule has 0 radical (unpaired) electrons. The first-order valence-electron chi connectivity index (χ1n) is 9.26. The van der Waals surface area contributed by atoms with Gasteiger partial charge in [0, 0.05) is 11.5 Å². The van der Waals surface area contributed by atoms with Crippen LogP contribution in [0.5, 0.6) is 5.75 Å². The molecule has 1 unspecified atom stereocenters. The van der Waals surface area contributed by atoms with Gasteiger partial charge in [-0.25, -0.2) is 4.68 Å². The SMILES string of the molecule is N#Cc1ccc2c(c1)CCCC2Oc1ccc2cnn(-c3ccnnc3)c2c1. The van der Waals surface area contributed by atoms with Crippen LogP contribution in [0.4, 0.5) is 0 Å². The molecule has 0 saturated heterocycles. The van der Waals surface area contributed by atoms with Crippen molar-refractivity contribution < 1.29 is 4.74 Å². The summed E-state index contributed by atoms with van der Waals surface area (Å²) in [5.41, 5.74) is 4.91. The van der Waals surface area contributed by atoms with E-state index in [4.69, 9.17) is 10.00 Å². The van der Waals surface area contributed by atoms with Crippen molar-refractivity contribution in [1.82, 2.24) is 20.0 Å². The van der Waals surface area contributed by atoms with Crippen molar-refractivity contribution in [2.75, 3.05) is 0 Å². The zero-order valence-electron chi connectivity index (χ0n) is 15.1. The van der Waals surface area contributed by atoms with Gasteiger partial charge in [-0.15, -0.1) is 0 Å². The Morgan fingerprint density at radius 2 is 2.04 bits per heavy atom. The molecule has 1 atom stereocenters. The van der Waals surface area contributed by atoms with Gasteiger partial charge in [-0.05, 0) is 60.7 Å². The third-order valence-corrected chi connectivity index (χ3v) is 5.17. The third kappa shape index (κ3) is 2.87. The second kappa shape index (κ2) is 6.78. The quantitative estimate of drug-likeness (QED) is 0.544. The van der Waals surface area contributed by atoms with Crippen molar-refractivity contribution in [2.45, 2.75) is 25.4 Å². The van der Waals surface area contributed by atoms with Gasteiger partial charge in [-0.2, -0.15) is 20.6 Å². The van der Waals surface area contributed by atoms with Crippen LogP contribution >= 0.6 is 0 Å². The van der Waals surface area contributed by atoms with E-state index in [9.17, 15) is 0 Å². The molecule has 136 valence electrons. The van der Waals surface area contributed by atoms with Crippen LogP contribution in [0.2, 0.25) is 0 Å². The van der Waals surface area contributed by atoms with Gasteiger partial charge in [0.2, 0.25) is 0 Å². The molecule has 2 aromatic heterocycles. The summed E-state index contributed by atoms with van der Waals surface area (Å²) in [4.78, 5) is 0. The molecule has 0 aliphatic heterocycles. The second-order valence-electron chi connectivity index (χ2n) is 6.90. The van der Waals surface area contributed by atoms with Crippen LogP contribution in [-0.4, -0.2) is 20.0 Å². The Morgan fingerprint density at radius 3 is 2.89 bits per heavy atom. The number of ether oxygens (including phenoxy) is 1. The highest BCUT2D eigenvalue weighted by atomic mass is 16.5. The van der Waals surface area contributed by atoms with Crippen molar-refractivity contribution in [3.8, 4) is 17.5 Å². The van der Waals surface area contributed by atoms with Crippen molar-refractivity contribution in [2.24, 2.45) is 0 Å². The van der Waals surface area contributed by atoms with E-state index in [1.807, 2.05) is 53.3 Å². The predicted molar refractivity (Wildman–Crippen MR) is 104 cm³/mol. The number of hydrogen-bond acceptors (Lipinski definition) is 5. The average Bonchev–Trinajstić information content (AvgIpc) is 3.17. The fraction of sp³-hybridized carbons (Fsp3) is 0.182. The Labute approximate surface area is 162 Å². The maximum absolute atomic E-state index is 9.14. The number of nitriles is 1. The lowest BCUT2D eigenvalue weighted by atomic mass is 9.88. The maximum Gasteiger partial charge on any atom is 0.124 e. The van der Waals surface area contributed by atoms with Gasteiger partial charge in [-0.1, -0.05) is 6.07 Å². The predicted octanol–water partition coefficient (Wildman–Crippen LogP) is 4.14. The van der Waals surface area contributed by atoms with Gasteiger partial charge in [0.1, 0.15) is 11.9 Å². The molecule has 0 bridgehead atoms. The molecule has 4 aromatic rings. The van der Waals surface area contributed by atoms with E-state index in [-0.39, 0.29) is 6.10 Å². The summed E-state index contributed by atoms with van der Waals surface area (Å²) in [6.45, 7) is 0. The van der Waals surface area contributed by atoms with Crippen molar-refractivity contribution >= 4 is 10.9 Å². The van der Waals surface area contributed by atoms with Gasteiger partial charge < -0.3 is 4.74 Å². The van der Waals surface area contributed by atoms with Crippen LogP contribution in [0.1, 0.15) is 35.6 Å². The molecule has 1 aliphatic rings. The molecular formula is C22H17N5O. The highest BCUT2D eigenvalue weighted by Gasteiger charge is 2.22. The van der Waals surface area contributed by atoms with Gasteiger partial charge in [0.05, 0.1) is 41.4 Å². The van der Waals surface area contributed by atoms with Crippen LogP contribution in [-0.2, 0) is 6.42 Å². The van der Waals surface area contributed by atoms with Gasteiger partial charge >= 0.3 is 0 Å². The minimum Gasteiger partial charge on any atom is -0.486 e. The molecule has 5 rings (SSSR count). The maximum atomic E-state index is 9.14. The Morgan fingerprint density at radius 1 is 1.07 bits per heavy atom. The van der Waals surface area contributed by atoms with Gasteiger partial charge in [0.25, 0.3) is 0 Å². The Balaban J connectivity index is 1.49. The third-order valence-electron chi connectivity index (χ3n) is 5.17. The molecular weight excluding hydrogens is 350 g/mol. The van der Waals surface area contributed by atoms with Crippen molar-refractivity contribution in [3.05, 3.63) is 77.7 Å². The van der Waals surface area contributed by atoms with E-state index in [0.717, 1.165) is 41.6 Å². The van der Waals surface area contributed by atoms with Crippen LogP contribution in [0.3, 0.4) is 0 Å². The molecule has 0 fully saturated rings. The lowest BCUT2D eigenvalue weighted by molar-refractivity contribution is 0.183. The Hall–Kier alpha value is -3.72. The minimum absolute atomic E-state index is 0.00657. The number of aryl methyl sites for hydroxylation is 1. The summed E-state index contributed by atoms with van der Waals surface area (Å²) in [5, 5.41) is 22.4. The number of nitrogens with zero attached hydrogens (tertiary/aromatic N) is 5. The van der Waals surface area contributed by atoms with Crippen LogP contribution in [0.25, 0.3) is 16.6 Å². The number of hydrogen-bond donors (Lipinski definition) is 0. The van der Waals surface area contributed by atoms with Gasteiger partial charge in [-0.3, -0.25) is 0 Å². The second-order valence-corrected chi connectivity index (χ2v) is 6.90. The normalized spacial score (nSPS) is 15.8. The summed E-state index contributed by atoms with van der Waals surface area (Å²) in [5.74, 6) is 0.804. The molecule has 6 heteroatoms. The monoisotopic (exact) mass is 367 g/mol. The summed E-state index contributed by atoms with van der Waals surface area (Å²) >= 11 is 0. The number of fused-ring (bicyclic) bond motifs is 2. The fourth-order valence-electron chi connectivity index (χ4n) is 3.81. The highest BCUT2D eigenvalue weighted by Crippen LogP contribution is 2.35. The number of aromatic nitrogens is 4. The van der Waals surface area contributed by atoms with E-state index >= 15 is 0 Å². The van der Waals surface area contributed by atoms with Crippen molar-refractivity contribution in [3.63, 3.8) is 0 Å². The van der Waals surface area contributed by atoms with E-state index in [2.05, 4.69) is 21.4 Å². The lowest BCUT2D eigenvalue weighted by Gasteiger charge is -2.26. The molecule has 28 heavy (non-hydrogen) atoms. The molecule has 1 aliphatic carbocycles. The van der Waals surface area contributed by atoms with Crippen LogP contribution in [0, 0.1) is 11.3 Å². The molecule has 0 amide bonds. The summed E-state index contributed by atoms with van der Waals surface area (Å²) in [6.07, 6.45) is 8.17. The molecule has 2 heterocycles. The average molecular weight is 367 g/mol. The minimum atomic E-state index is -0.00657. The van der Waals surface area contributed by atoms with Crippen LogP contribution < -0.4 is 4.74 Å².